The molecule has 0 radical (unpaired) electrons. The molecule has 98 valence electrons. The highest BCUT2D eigenvalue weighted by Gasteiger charge is 2.40. The van der Waals surface area contributed by atoms with E-state index in [0.717, 1.165) is 23.8 Å². The van der Waals surface area contributed by atoms with Crippen LogP contribution < -0.4 is 9.47 Å². The molecule has 1 heterocycles. The van der Waals surface area contributed by atoms with E-state index in [1.807, 2.05) is 6.92 Å². The Hall–Kier alpha value is -0.890. The summed E-state index contributed by atoms with van der Waals surface area (Å²) in [5.41, 5.74) is 2.56. The Morgan fingerprint density at radius 1 is 1.44 bits per heavy atom. The molecule has 2 nitrogen and oxygen atoms in total. The molecule has 1 aromatic carbocycles. The third-order valence-corrected chi connectivity index (χ3v) is 4.24. The van der Waals surface area contributed by atoms with E-state index in [0.29, 0.717) is 18.4 Å². The number of halogens is 1. The first-order valence-corrected chi connectivity index (χ1v) is 7.28. The lowest BCUT2D eigenvalue weighted by atomic mass is 10.0. The fourth-order valence-corrected chi connectivity index (χ4v) is 3.17. The standard InChI is InChI=1S/C15H19ClO2/c1-3-17-15-6-10-4-9(2)18-14(10)7-13(15)12-5-11(12)8-16/h6-7,9,11-12H,3-5,8H2,1-2H3. The summed E-state index contributed by atoms with van der Waals surface area (Å²) in [5, 5.41) is 0. The Morgan fingerprint density at radius 3 is 2.94 bits per heavy atom. The van der Waals surface area contributed by atoms with E-state index in [9.17, 15) is 0 Å². The SMILES string of the molecule is CCOc1cc2c(cc1C1CC1CCl)OC(C)C2. The average Bonchev–Trinajstić information content (AvgIpc) is 3.04. The molecular weight excluding hydrogens is 248 g/mol. The molecule has 0 amide bonds. The van der Waals surface area contributed by atoms with Gasteiger partial charge in [0.15, 0.2) is 0 Å². The van der Waals surface area contributed by atoms with Crippen LogP contribution in [0.1, 0.15) is 37.3 Å². The van der Waals surface area contributed by atoms with Crippen LogP contribution in [0.15, 0.2) is 12.1 Å². The predicted octanol–water partition coefficient (Wildman–Crippen LogP) is 3.75. The summed E-state index contributed by atoms with van der Waals surface area (Å²) in [5.74, 6) is 3.99. The lowest BCUT2D eigenvalue weighted by Gasteiger charge is -2.12. The lowest BCUT2D eigenvalue weighted by molar-refractivity contribution is 0.254. The van der Waals surface area contributed by atoms with Crippen LogP contribution in [0.2, 0.25) is 0 Å². The maximum Gasteiger partial charge on any atom is 0.123 e. The molecule has 2 aliphatic rings. The molecule has 0 spiro atoms. The molecule has 1 saturated carbocycles. The van der Waals surface area contributed by atoms with Gasteiger partial charge in [-0.3, -0.25) is 0 Å². The second-order valence-corrected chi connectivity index (χ2v) is 5.63. The molecule has 3 unspecified atom stereocenters. The molecule has 3 atom stereocenters. The highest BCUT2D eigenvalue weighted by molar-refractivity contribution is 6.18. The Bertz CT molecular complexity index is 458. The maximum absolute atomic E-state index is 5.94. The molecular formula is C15H19ClO2. The normalized spacial score (nSPS) is 28.7. The van der Waals surface area contributed by atoms with Crippen LogP contribution in [-0.4, -0.2) is 18.6 Å². The fraction of sp³-hybridized carbons (Fsp3) is 0.600. The number of benzene rings is 1. The highest BCUT2D eigenvalue weighted by Crippen LogP contribution is 2.52. The minimum atomic E-state index is 0.285. The number of ether oxygens (including phenoxy) is 2. The van der Waals surface area contributed by atoms with E-state index in [1.54, 1.807) is 0 Å². The van der Waals surface area contributed by atoms with Crippen molar-refractivity contribution in [2.24, 2.45) is 5.92 Å². The van der Waals surface area contributed by atoms with Gasteiger partial charge in [-0.15, -0.1) is 11.6 Å². The van der Waals surface area contributed by atoms with Crippen LogP contribution in [0.25, 0.3) is 0 Å². The van der Waals surface area contributed by atoms with Gasteiger partial charge < -0.3 is 9.47 Å². The number of hydrogen-bond acceptors (Lipinski definition) is 2. The first kappa shape index (κ1) is 12.2. The number of hydrogen-bond donors (Lipinski definition) is 0. The summed E-state index contributed by atoms with van der Waals surface area (Å²) >= 11 is 5.94. The summed E-state index contributed by atoms with van der Waals surface area (Å²) in [7, 11) is 0. The summed E-state index contributed by atoms with van der Waals surface area (Å²) in [6, 6.07) is 4.35. The topological polar surface area (TPSA) is 18.5 Å². The third kappa shape index (κ3) is 2.07. The minimum absolute atomic E-state index is 0.285. The molecule has 1 aliphatic carbocycles. The molecule has 1 aliphatic heterocycles. The monoisotopic (exact) mass is 266 g/mol. The van der Waals surface area contributed by atoms with Crippen molar-refractivity contribution in [3.8, 4) is 11.5 Å². The molecule has 18 heavy (non-hydrogen) atoms. The number of rotatable bonds is 4. The fourth-order valence-electron chi connectivity index (χ4n) is 2.82. The Morgan fingerprint density at radius 2 is 2.28 bits per heavy atom. The van der Waals surface area contributed by atoms with Crippen molar-refractivity contribution in [1.29, 1.82) is 0 Å². The van der Waals surface area contributed by atoms with Gasteiger partial charge in [-0.2, -0.15) is 0 Å². The first-order chi connectivity index (χ1) is 8.72. The van der Waals surface area contributed by atoms with Gasteiger partial charge >= 0.3 is 0 Å². The van der Waals surface area contributed by atoms with Crippen molar-refractivity contribution in [2.45, 2.75) is 38.7 Å². The van der Waals surface area contributed by atoms with E-state index in [1.165, 1.54) is 17.5 Å². The van der Waals surface area contributed by atoms with Crippen molar-refractivity contribution >= 4 is 11.6 Å². The Kier molecular flexibility index (Phi) is 3.14. The predicted molar refractivity (Wildman–Crippen MR) is 73.0 cm³/mol. The van der Waals surface area contributed by atoms with Gasteiger partial charge in [-0.05, 0) is 44.2 Å². The minimum Gasteiger partial charge on any atom is -0.494 e. The Labute approximate surface area is 113 Å². The third-order valence-electron chi connectivity index (χ3n) is 3.85. The second-order valence-electron chi connectivity index (χ2n) is 5.32. The van der Waals surface area contributed by atoms with Crippen molar-refractivity contribution in [2.75, 3.05) is 12.5 Å². The van der Waals surface area contributed by atoms with Gasteiger partial charge in [-0.1, -0.05) is 0 Å². The van der Waals surface area contributed by atoms with Gasteiger partial charge in [0.25, 0.3) is 0 Å². The molecule has 0 N–H and O–H groups in total. The number of alkyl halides is 1. The van der Waals surface area contributed by atoms with Crippen LogP contribution in [0, 0.1) is 5.92 Å². The van der Waals surface area contributed by atoms with Gasteiger partial charge in [-0.25, -0.2) is 0 Å². The van der Waals surface area contributed by atoms with Crippen molar-refractivity contribution in [1.82, 2.24) is 0 Å². The molecule has 0 saturated heterocycles. The van der Waals surface area contributed by atoms with Gasteiger partial charge in [0.1, 0.15) is 17.6 Å². The van der Waals surface area contributed by atoms with E-state index < -0.39 is 0 Å². The largest absolute Gasteiger partial charge is 0.494 e. The van der Waals surface area contributed by atoms with Crippen LogP contribution in [0.4, 0.5) is 0 Å². The second kappa shape index (κ2) is 4.65. The first-order valence-electron chi connectivity index (χ1n) is 6.75. The number of fused-ring (bicyclic) bond motifs is 1. The molecule has 1 aromatic rings. The highest BCUT2D eigenvalue weighted by atomic mass is 35.5. The van der Waals surface area contributed by atoms with Crippen LogP contribution in [-0.2, 0) is 6.42 Å². The van der Waals surface area contributed by atoms with Crippen LogP contribution in [0.3, 0.4) is 0 Å². The maximum atomic E-state index is 5.94. The summed E-state index contributed by atoms with van der Waals surface area (Å²) in [6.45, 7) is 4.85. The van der Waals surface area contributed by atoms with Crippen molar-refractivity contribution in [3.63, 3.8) is 0 Å². The van der Waals surface area contributed by atoms with E-state index >= 15 is 0 Å². The summed E-state index contributed by atoms with van der Waals surface area (Å²) < 4.78 is 11.6. The zero-order valence-electron chi connectivity index (χ0n) is 10.9. The molecule has 0 aromatic heterocycles. The van der Waals surface area contributed by atoms with Crippen LogP contribution in [0.5, 0.6) is 11.5 Å². The van der Waals surface area contributed by atoms with E-state index in [-0.39, 0.29) is 6.10 Å². The lowest BCUT2D eigenvalue weighted by Crippen LogP contribution is -2.05. The van der Waals surface area contributed by atoms with Gasteiger partial charge in [0, 0.05) is 23.4 Å². The molecule has 3 heteroatoms. The summed E-state index contributed by atoms with van der Waals surface area (Å²) in [6.07, 6.45) is 2.45. The van der Waals surface area contributed by atoms with Gasteiger partial charge in [0.05, 0.1) is 6.61 Å². The van der Waals surface area contributed by atoms with Gasteiger partial charge in [0.2, 0.25) is 0 Å². The molecule has 3 rings (SSSR count). The smallest absolute Gasteiger partial charge is 0.123 e. The zero-order chi connectivity index (χ0) is 12.7. The average molecular weight is 267 g/mol. The molecule has 1 fully saturated rings. The van der Waals surface area contributed by atoms with Crippen LogP contribution >= 0.6 is 11.6 Å². The van der Waals surface area contributed by atoms with E-state index in [2.05, 4.69) is 19.1 Å². The zero-order valence-corrected chi connectivity index (χ0v) is 11.7. The van der Waals surface area contributed by atoms with Crippen molar-refractivity contribution < 1.29 is 9.47 Å². The van der Waals surface area contributed by atoms with E-state index in [4.69, 9.17) is 21.1 Å². The summed E-state index contributed by atoms with van der Waals surface area (Å²) in [4.78, 5) is 0. The van der Waals surface area contributed by atoms with Crippen molar-refractivity contribution in [3.05, 3.63) is 23.3 Å². The quantitative estimate of drug-likeness (QED) is 0.773. The molecule has 0 bridgehead atoms. The Balaban J connectivity index is 1.94.